The number of methoxy groups -OCH3 is 3. The van der Waals surface area contributed by atoms with Gasteiger partial charge in [0.15, 0.2) is 16.3 Å². The molecule has 8 heteroatoms. The van der Waals surface area contributed by atoms with Crippen molar-refractivity contribution < 1.29 is 14.2 Å². The number of rotatable bonds is 5. The summed E-state index contributed by atoms with van der Waals surface area (Å²) in [6.07, 6.45) is 1.85. The van der Waals surface area contributed by atoms with Crippen LogP contribution in [0.2, 0.25) is 0 Å². The van der Waals surface area contributed by atoms with E-state index in [0.717, 1.165) is 21.8 Å². The monoisotopic (exact) mass is 411 g/mol. The lowest BCUT2D eigenvalue weighted by Gasteiger charge is -2.25. The van der Waals surface area contributed by atoms with Crippen LogP contribution in [0.1, 0.15) is 5.56 Å². The van der Waals surface area contributed by atoms with Gasteiger partial charge in [-0.1, -0.05) is 17.4 Å². The Morgan fingerprint density at radius 1 is 1.00 bits per heavy atom. The Balaban J connectivity index is 1.66. The van der Waals surface area contributed by atoms with Crippen LogP contribution in [0.3, 0.4) is 0 Å². The van der Waals surface area contributed by atoms with E-state index < -0.39 is 0 Å². The van der Waals surface area contributed by atoms with Gasteiger partial charge in [-0.2, -0.15) is 0 Å². The molecule has 0 spiro atoms. The predicted molar refractivity (Wildman–Crippen MR) is 113 cm³/mol. The van der Waals surface area contributed by atoms with Crippen LogP contribution >= 0.6 is 11.3 Å². The van der Waals surface area contributed by atoms with Crippen molar-refractivity contribution >= 4 is 23.1 Å². The van der Waals surface area contributed by atoms with Gasteiger partial charge in [-0.25, -0.2) is 4.99 Å². The van der Waals surface area contributed by atoms with Crippen molar-refractivity contribution in [3.63, 3.8) is 0 Å². The van der Waals surface area contributed by atoms with Gasteiger partial charge < -0.3 is 19.1 Å². The van der Waals surface area contributed by atoms with Crippen LogP contribution in [0.25, 0.3) is 6.08 Å². The molecule has 0 saturated carbocycles. The Morgan fingerprint density at radius 2 is 1.76 bits per heavy atom. The summed E-state index contributed by atoms with van der Waals surface area (Å²) in [6.45, 7) is 0.961. The minimum atomic E-state index is -0.0539. The van der Waals surface area contributed by atoms with Gasteiger partial charge in [0.1, 0.15) is 19.1 Å². The van der Waals surface area contributed by atoms with Crippen LogP contribution in [0.4, 0.5) is 5.69 Å². The average Bonchev–Trinajstić information content (AvgIpc) is 3.08. The van der Waals surface area contributed by atoms with Gasteiger partial charge in [-0.3, -0.25) is 9.36 Å². The Hall–Kier alpha value is -3.26. The molecule has 0 radical (unpaired) electrons. The Bertz CT molecular complexity index is 1200. The number of anilines is 1. The molecule has 0 amide bonds. The van der Waals surface area contributed by atoms with Crippen molar-refractivity contribution in [2.24, 2.45) is 4.99 Å². The standard InChI is InChI=1S/C21H21N3O4S/c1-26-16-7-5-15(6-8-16)23-12-22-21-24(13-23)20(25)19(29-21)11-14-4-9-17(27-2)18(10-14)28-3/h4-11H,12-13H2,1-3H3/b19-11-. The second-order valence-corrected chi connectivity index (χ2v) is 7.43. The molecule has 29 heavy (non-hydrogen) atoms. The summed E-state index contributed by atoms with van der Waals surface area (Å²) < 4.78 is 18.2. The molecule has 0 saturated heterocycles. The number of thiazole rings is 1. The number of aromatic nitrogens is 1. The van der Waals surface area contributed by atoms with E-state index in [4.69, 9.17) is 14.2 Å². The number of hydrogen-bond donors (Lipinski definition) is 0. The molecule has 0 aliphatic carbocycles. The summed E-state index contributed by atoms with van der Waals surface area (Å²) in [5.74, 6) is 2.07. The Labute approximate surface area is 171 Å². The van der Waals surface area contributed by atoms with Gasteiger partial charge in [0.2, 0.25) is 0 Å². The topological polar surface area (TPSA) is 65.3 Å². The molecule has 1 aliphatic heterocycles. The number of hydrogen-bond acceptors (Lipinski definition) is 7. The van der Waals surface area contributed by atoms with Crippen molar-refractivity contribution in [2.45, 2.75) is 6.67 Å². The molecule has 4 rings (SSSR count). The molecule has 0 bridgehead atoms. The fourth-order valence-electron chi connectivity index (χ4n) is 3.16. The van der Waals surface area contributed by atoms with E-state index in [2.05, 4.69) is 4.99 Å². The highest BCUT2D eigenvalue weighted by Gasteiger charge is 2.16. The third-order valence-electron chi connectivity index (χ3n) is 4.72. The smallest absolute Gasteiger partial charge is 0.271 e. The SMILES string of the molecule is COc1ccc(N2CN=c3s/c(=C\c4ccc(OC)c(OC)c4)c(=O)n3C2)cc1. The van der Waals surface area contributed by atoms with E-state index in [1.54, 1.807) is 25.9 Å². The fraction of sp³-hybridized carbons (Fsp3) is 0.238. The highest BCUT2D eigenvalue weighted by molar-refractivity contribution is 7.07. The summed E-state index contributed by atoms with van der Waals surface area (Å²) in [4.78, 5) is 20.3. The molecule has 0 N–H and O–H groups in total. The van der Waals surface area contributed by atoms with Crippen LogP contribution in [0.15, 0.2) is 52.3 Å². The number of nitrogens with zero attached hydrogens (tertiary/aromatic N) is 3. The normalized spacial score (nSPS) is 13.6. The first-order valence-corrected chi connectivity index (χ1v) is 9.81. The maximum atomic E-state index is 13.0. The fourth-order valence-corrected chi connectivity index (χ4v) is 4.12. The van der Waals surface area contributed by atoms with E-state index in [1.165, 1.54) is 11.3 Å². The molecule has 0 fully saturated rings. The van der Waals surface area contributed by atoms with Crippen molar-refractivity contribution in [3.8, 4) is 17.2 Å². The molecular formula is C21H21N3O4S. The Morgan fingerprint density at radius 3 is 2.45 bits per heavy atom. The van der Waals surface area contributed by atoms with Gasteiger partial charge >= 0.3 is 0 Å². The van der Waals surface area contributed by atoms with Crippen molar-refractivity contribution in [2.75, 3.05) is 32.9 Å². The van der Waals surface area contributed by atoms with Crippen molar-refractivity contribution in [1.29, 1.82) is 0 Å². The second kappa shape index (κ2) is 8.00. The molecular weight excluding hydrogens is 390 g/mol. The first-order chi connectivity index (χ1) is 14.1. The van der Waals surface area contributed by atoms with Crippen LogP contribution < -0.4 is 34.0 Å². The molecule has 0 unspecified atom stereocenters. The van der Waals surface area contributed by atoms with E-state index in [9.17, 15) is 4.79 Å². The quantitative estimate of drug-likeness (QED) is 0.641. The van der Waals surface area contributed by atoms with E-state index in [1.807, 2.05) is 53.4 Å². The minimum absolute atomic E-state index is 0.0539. The first-order valence-electron chi connectivity index (χ1n) is 9.00. The zero-order valence-electron chi connectivity index (χ0n) is 16.4. The highest BCUT2D eigenvalue weighted by atomic mass is 32.1. The van der Waals surface area contributed by atoms with Crippen LogP contribution in [0.5, 0.6) is 17.2 Å². The average molecular weight is 411 g/mol. The lowest BCUT2D eigenvalue weighted by molar-refractivity contribution is 0.355. The second-order valence-electron chi connectivity index (χ2n) is 6.42. The summed E-state index contributed by atoms with van der Waals surface area (Å²) in [5.41, 5.74) is 1.80. The van der Waals surface area contributed by atoms with Crippen LogP contribution in [-0.2, 0) is 6.67 Å². The minimum Gasteiger partial charge on any atom is -0.497 e. The summed E-state index contributed by atoms with van der Waals surface area (Å²) >= 11 is 1.39. The maximum Gasteiger partial charge on any atom is 0.271 e. The van der Waals surface area contributed by atoms with Crippen LogP contribution in [0, 0.1) is 0 Å². The zero-order valence-corrected chi connectivity index (χ0v) is 17.2. The van der Waals surface area contributed by atoms with E-state index in [0.29, 0.717) is 29.4 Å². The highest BCUT2D eigenvalue weighted by Crippen LogP contribution is 2.27. The molecule has 1 aromatic heterocycles. The maximum absolute atomic E-state index is 13.0. The summed E-state index contributed by atoms with van der Waals surface area (Å²) in [5, 5.41) is 0. The molecule has 2 heterocycles. The molecule has 0 atom stereocenters. The van der Waals surface area contributed by atoms with Gasteiger partial charge in [0.05, 0.1) is 25.9 Å². The molecule has 150 valence electrons. The predicted octanol–water partition coefficient (Wildman–Crippen LogP) is 1.82. The molecule has 2 aromatic carbocycles. The largest absolute Gasteiger partial charge is 0.497 e. The zero-order chi connectivity index (χ0) is 20.4. The number of ether oxygens (including phenoxy) is 3. The van der Waals surface area contributed by atoms with Gasteiger partial charge in [0, 0.05) is 5.69 Å². The lowest BCUT2D eigenvalue weighted by Crippen LogP contribution is -2.42. The van der Waals surface area contributed by atoms with Crippen LogP contribution in [-0.4, -0.2) is 32.6 Å². The summed E-state index contributed by atoms with van der Waals surface area (Å²) in [7, 11) is 4.82. The van der Waals surface area contributed by atoms with Gasteiger partial charge in [-0.05, 0) is 48.0 Å². The van der Waals surface area contributed by atoms with Gasteiger partial charge in [-0.15, -0.1) is 0 Å². The van der Waals surface area contributed by atoms with Gasteiger partial charge in [0.25, 0.3) is 5.56 Å². The third kappa shape index (κ3) is 3.71. The first kappa shape index (κ1) is 19.1. The summed E-state index contributed by atoms with van der Waals surface area (Å²) in [6, 6.07) is 13.3. The third-order valence-corrected chi connectivity index (χ3v) is 5.76. The number of benzene rings is 2. The molecule has 7 nitrogen and oxygen atoms in total. The number of fused-ring (bicyclic) bond motifs is 1. The van der Waals surface area contributed by atoms with Crippen molar-refractivity contribution in [3.05, 3.63) is 67.7 Å². The van der Waals surface area contributed by atoms with Crippen molar-refractivity contribution in [1.82, 2.24) is 4.57 Å². The molecule has 3 aromatic rings. The molecule has 1 aliphatic rings. The Kier molecular flexibility index (Phi) is 5.26. The van der Waals surface area contributed by atoms with E-state index >= 15 is 0 Å². The lowest BCUT2D eigenvalue weighted by atomic mass is 10.2. The van der Waals surface area contributed by atoms with E-state index in [-0.39, 0.29) is 5.56 Å².